The van der Waals surface area contributed by atoms with Crippen molar-refractivity contribution in [2.45, 2.75) is 27.7 Å². The first-order valence-corrected chi connectivity index (χ1v) is 8.72. The molecule has 1 heterocycles. The van der Waals surface area contributed by atoms with Gasteiger partial charge in [0, 0.05) is 5.56 Å². The van der Waals surface area contributed by atoms with Crippen molar-refractivity contribution in [2.75, 3.05) is 0 Å². The highest BCUT2D eigenvalue weighted by molar-refractivity contribution is 6.33. The molecule has 0 saturated heterocycles. The molecule has 0 aliphatic rings. The second-order valence-electron chi connectivity index (χ2n) is 6.58. The Kier molecular flexibility index (Phi) is 4.88. The van der Waals surface area contributed by atoms with Gasteiger partial charge in [0.25, 0.3) is 0 Å². The molecule has 0 aliphatic carbocycles. The average Bonchev–Trinajstić information content (AvgIpc) is 2.59. The molecule has 0 radical (unpaired) electrons. The average molecular weight is 371 g/mol. The first-order chi connectivity index (χ1) is 12.3. The van der Waals surface area contributed by atoms with E-state index in [2.05, 4.69) is 0 Å². The number of benzene rings is 2. The molecule has 3 aromatic rings. The lowest BCUT2D eigenvalue weighted by molar-refractivity contribution is -0.137. The standard InChI is InChI=1S/C21H19ClO4/c1-11(2)21(24)26-20-18(23)15-9-12(3)13(4)10-17(15)25-19(20)14-7-5-6-8-16(14)22/h5-11H,1-4H3. The van der Waals surface area contributed by atoms with Gasteiger partial charge in [-0.3, -0.25) is 9.59 Å². The van der Waals surface area contributed by atoms with Gasteiger partial charge in [-0.05, 0) is 49.2 Å². The van der Waals surface area contributed by atoms with Gasteiger partial charge in [-0.1, -0.05) is 37.6 Å². The van der Waals surface area contributed by atoms with E-state index in [4.69, 9.17) is 20.8 Å². The number of ether oxygens (including phenoxy) is 1. The number of rotatable bonds is 3. The molecule has 3 rings (SSSR count). The number of hydrogen-bond acceptors (Lipinski definition) is 4. The van der Waals surface area contributed by atoms with Crippen LogP contribution in [0.5, 0.6) is 5.75 Å². The molecule has 5 heteroatoms. The summed E-state index contributed by atoms with van der Waals surface area (Å²) in [5.74, 6) is -0.865. The minimum absolute atomic E-state index is 0.132. The minimum Gasteiger partial charge on any atom is -0.452 e. The summed E-state index contributed by atoms with van der Waals surface area (Å²) in [5.41, 5.74) is 2.49. The van der Waals surface area contributed by atoms with Crippen LogP contribution in [-0.4, -0.2) is 5.97 Å². The number of aryl methyl sites for hydroxylation is 2. The molecule has 4 nitrogen and oxygen atoms in total. The number of esters is 1. The van der Waals surface area contributed by atoms with Gasteiger partial charge in [0.1, 0.15) is 5.58 Å². The molecular weight excluding hydrogens is 352 g/mol. The Balaban J connectivity index is 2.37. The Labute approximate surface area is 156 Å². The molecule has 0 bridgehead atoms. The zero-order valence-corrected chi connectivity index (χ0v) is 15.8. The third-order valence-electron chi connectivity index (χ3n) is 4.26. The fraction of sp³-hybridized carbons (Fsp3) is 0.238. The molecule has 1 aromatic heterocycles. The SMILES string of the molecule is Cc1cc2oc(-c3ccccc3Cl)c(OC(=O)C(C)C)c(=O)c2cc1C. The molecule has 0 atom stereocenters. The van der Waals surface area contributed by atoms with Crippen molar-refractivity contribution in [3.05, 3.63) is 62.8 Å². The summed E-state index contributed by atoms with van der Waals surface area (Å²) >= 11 is 6.29. The Bertz CT molecular complexity index is 1060. The van der Waals surface area contributed by atoms with E-state index < -0.39 is 11.4 Å². The summed E-state index contributed by atoms with van der Waals surface area (Å²) < 4.78 is 11.4. The Morgan fingerprint density at radius 3 is 2.42 bits per heavy atom. The number of halogens is 1. The first kappa shape index (κ1) is 18.2. The Morgan fingerprint density at radius 1 is 1.12 bits per heavy atom. The quantitative estimate of drug-likeness (QED) is 0.587. The number of carbonyl (C=O) groups excluding carboxylic acids is 1. The van der Waals surface area contributed by atoms with E-state index in [0.717, 1.165) is 11.1 Å². The summed E-state index contributed by atoms with van der Waals surface area (Å²) in [6, 6.07) is 10.5. The van der Waals surface area contributed by atoms with E-state index in [-0.39, 0.29) is 17.4 Å². The van der Waals surface area contributed by atoms with E-state index >= 15 is 0 Å². The molecule has 0 aliphatic heterocycles. The van der Waals surface area contributed by atoms with Crippen LogP contribution >= 0.6 is 11.6 Å². The smallest absolute Gasteiger partial charge is 0.314 e. The van der Waals surface area contributed by atoms with Crippen LogP contribution in [0, 0.1) is 19.8 Å². The van der Waals surface area contributed by atoms with E-state index in [1.807, 2.05) is 13.8 Å². The van der Waals surface area contributed by atoms with Crippen molar-refractivity contribution in [2.24, 2.45) is 5.92 Å². The number of fused-ring (bicyclic) bond motifs is 1. The van der Waals surface area contributed by atoms with E-state index in [0.29, 0.717) is 21.6 Å². The monoisotopic (exact) mass is 370 g/mol. The van der Waals surface area contributed by atoms with Crippen molar-refractivity contribution in [1.82, 2.24) is 0 Å². The van der Waals surface area contributed by atoms with Crippen LogP contribution in [0.15, 0.2) is 45.6 Å². The predicted octanol–water partition coefficient (Wildman–Crippen LogP) is 5.29. The van der Waals surface area contributed by atoms with Crippen molar-refractivity contribution in [3.63, 3.8) is 0 Å². The van der Waals surface area contributed by atoms with Crippen molar-refractivity contribution >= 4 is 28.5 Å². The van der Waals surface area contributed by atoms with Crippen LogP contribution in [0.3, 0.4) is 0 Å². The van der Waals surface area contributed by atoms with Crippen molar-refractivity contribution in [3.8, 4) is 17.1 Å². The lowest BCUT2D eigenvalue weighted by Gasteiger charge is -2.13. The summed E-state index contributed by atoms with van der Waals surface area (Å²) in [5, 5.41) is 0.774. The highest BCUT2D eigenvalue weighted by Gasteiger charge is 2.23. The van der Waals surface area contributed by atoms with Gasteiger partial charge in [-0.2, -0.15) is 0 Å². The van der Waals surface area contributed by atoms with E-state index in [1.165, 1.54) is 0 Å². The summed E-state index contributed by atoms with van der Waals surface area (Å²) in [4.78, 5) is 25.2. The predicted molar refractivity (Wildman–Crippen MR) is 103 cm³/mol. The van der Waals surface area contributed by atoms with Gasteiger partial charge >= 0.3 is 5.97 Å². The molecule has 0 saturated carbocycles. The lowest BCUT2D eigenvalue weighted by Crippen LogP contribution is -2.20. The third-order valence-corrected chi connectivity index (χ3v) is 4.59. The van der Waals surface area contributed by atoms with Gasteiger partial charge in [-0.25, -0.2) is 0 Å². The summed E-state index contributed by atoms with van der Waals surface area (Å²) in [6.07, 6.45) is 0. The maximum atomic E-state index is 13.1. The lowest BCUT2D eigenvalue weighted by atomic mass is 10.0. The summed E-state index contributed by atoms with van der Waals surface area (Å²) in [6.45, 7) is 7.26. The van der Waals surface area contributed by atoms with Gasteiger partial charge in [0.2, 0.25) is 11.2 Å². The van der Waals surface area contributed by atoms with Gasteiger partial charge < -0.3 is 9.15 Å². The molecule has 0 unspecified atom stereocenters. The van der Waals surface area contributed by atoms with Crippen LogP contribution in [0.2, 0.25) is 5.02 Å². The maximum Gasteiger partial charge on any atom is 0.314 e. The molecule has 134 valence electrons. The number of carbonyl (C=O) groups is 1. The van der Waals surface area contributed by atoms with Crippen LogP contribution < -0.4 is 10.2 Å². The molecule has 2 aromatic carbocycles. The van der Waals surface area contributed by atoms with Crippen LogP contribution in [-0.2, 0) is 4.79 Å². The summed E-state index contributed by atoms with van der Waals surface area (Å²) in [7, 11) is 0. The second-order valence-corrected chi connectivity index (χ2v) is 6.98. The molecule has 0 fully saturated rings. The highest BCUT2D eigenvalue weighted by atomic mass is 35.5. The van der Waals surface area contributed by atoms with Crippen LogP contribution in [0.25, 0.3) is 22.3 Å². The van der Waals surface area contributed by atoms with Crippen LogP contribution in [0.1, 0.15) is 25.0 Å². The normalized spacial score (nSPS) is 11.2. The Hall–Kier alpha value is -2.59. The minimum atomic E-state index is -0.506. The van der Waals surface area contributed by atoms with E-state index in [9.17, 15) is 9.59 Å². The Morgan fingerprint density at radius 2 is 1.77 bits per heavy atom. The van der Waals surface area contributed by atoms with Crippen LogP contribution in [0.4, 0.5) is 0 Å². The van der Waals surface area contributed by atoms with E-state index in [1.54, 1.807) is 50.2 Å². The van der Waals surface area contributed by atoms with Gasteiger partial charge in [-0.15, -0.1) is 0 Å². The van der Waals surface area contributed by atoms with Gasteiger partial charge in [0.05, 0.1) is 16.3 Å². The number of hydrogen-bond donors (Lipinski definition) is 0. The van der Waals surface area contributed by atoms with Gasteiger partial charge in [0.15, 0.2) is 5.76 Å². The fourth-order valence-corrected chi connectivity index (χ4v) is 2.79. The molecule has 26 heavy (non-hydrogen) atoms. The highest BCUT2D eigenvalue weighted by Crippen LogP contribution is 2.36. The molecule has 0 spiro atoms. The van der Waals surface area contributed by atoms with Crippen molar-refractivity contribution < 1.29 is 13.9 Å². The topological polar surface area (TPSA) is 56.5 Å². The third kappa shape index (κ3) is 3.25. The van der Waals surface area contributed by atoms with Crippen molar-refractivity contribution in [1.29, 1.82) is 0 Å². The second kappa shape index (κ2) is 6.96. The zero-order chi connectivity index (χ0) is 19.0. The molecule has 0 amide bonds. The molecule has 0 N–H and O–H groups in total. The maximum absolute atomic E-state index is 13.1. The fourth-order valence-electron chi connectivity index (χ4n) is 2.57. The largest absolute Gasteiger partial charge is 0.452 e. The zero-order valence-electron chi connectivity index (χ0n) is 15.1. The first-order valence-electron chi connectivity index (χ1n) is 8.34. The molecular formula is C21H19ClO4.